The molecule has 0 aliphatic rings. The zero-order chi connectivity index (χ0) is 18.7. The van der Waals surface area contributed by atoms with Crippen molar-refractivity contribution < 1.29 is 23.5 Å². The van der Waals surface area contributed by atoms with E-state index in [2.05, 4.69) is 10.1 Å². The molecule has 0 saturated carbocycles. The smallest absolute Gasteiger partial charge is 0.337 e. The van der Waals surface area contributed by atoms with Crippen molar-refractivity contribution in [3.63, 3.8) is 0 Å². The van der Waals surface area contributed by atoms with E-state index in [9.17, 15) is 9.59 Å². The predicted molar refractivity (Wildman–Crippen MR) is 96.5 cm³/mol. The number of methoxy groups -OCH3 is 2. The van der Waals surface area contributed by atoms with E-state index in [-0.39, 0.29) is 11.7 Å². The summed E-state index contributed by atoms with van der Waals surface area (Å²) >= 11 is 0. The second-order valence-electron chi connectivity index (χ2n) is 5.79. The average molecular weight is 353 g/mol. The molecule has 0 saturated heterocycles. The van der Waals surface area contributed by atoms with E-state index in [4.69, 9.17) is 9.15 Å². The van der Waals surface area contributed by atoms with E-state index >= 15 is 0 Å². The molecule has 0 aliphatic heterocycles. The predicted octanol–water partition coefficient (Wildman–Crippen LogP) is 3.47. The number of carbonyl (C=O) groups is 2. The highest BCUT2D eigenvalue weighted by Gasteiger charge is 2.18. The molecule has 0 radical (unpaired) electrons. The maximum atomic E-state index is 12.5. The number of ether oxygens (including phenoxy) is 2. The zero-order valence-corrected chi connectivity index (χ0v) is 14.8. The standard InChI is InChI=1S/C20H19NO5/c1-12-16-10-15(24-2)8-9-17(16)26-18(12)19(22)21-11-13-4-6-14(7-5-13)20(23)25-3/h4-10H,11H2,1-3H3,(H,21,22). The van der Waals surface area contributed by atoms with Crippen LogP contribution in [0.4, 0.5) is 0 Å². The molecule has 134 valence electrons. The number of hydrogen-bond donors (Lipinski definition) is 1. The summed E-state index contributed by atoms with van der Waals surface area (Å²) in [6.07, 6.45) is 0. The summed E-state index contributed by atoms with van der Waals surface area (Å²) in [6.45, 7) is 2.16. The van der Waals surface area contributed by atoms with E-state index in [0.29, 0.717) is 23.4 Å². The average Bonchev–Trinajstić information content (AvgIpc) is 3.02. The lowest BCUT2D eigenvalue weighted by atomic mass is 10.1. The maximum absolute atomic E-state index is 12.5. The van der Waals surface area contributed by atoms with Gasteiger partial charge in [0, 0.05) is 17.5 Å². The van der Waals surface area contributed by atoms with Gasteiger partial charge in [-0.1, -0.05) is 12.1 Å². The Morgan fingerprint density at radius 2 is 1.81 bits per heavy atom. The molecule has 6 nitrogen and oxygen atoms in total. The van der Waals surface area contributed by atoms with Gasteiger partial charge < -0.3 is 19.2 Å². The third kappa shape index (κ3) is 3.39. The summed E-state index contributed by atoms with van der Waals surface area (Å²) in [5.74, 6) is 0.294. The highest BCUT2D eigenvalue weighted by Crippen LogP contribution is 2.28. The number of hydrogen-bond acceptors (Lipinski definition) is 5. The van der Waals surface area contributed by atoms with Gasteiger partial charge in [0.2, 0.25) is 0 Å². The number of furan rings is 1. The molecule has 3 aromatic rings. The summed E-state index contributed by atoms with van der Waals surface area (Å²) in [7, 11) is 2.93. The molecule has 0 atom stereocenters. The second kappa shape index (κ2) is 7.31. The van der Waals surface area contributed by atoms with Crippen LogP contribution in [0.1, 0.15) is 32.0 Å². The van der Waals surface area contributed by atoms with Crippen molar-refractivity contribution in [3.8, 4) is 5.75 Å². The molecule has 3 rings (SSSR count). The third-order valence-electron chi connectivity index (χ3n) is 4.18. The topological polar surface area (TPSA) is 77.8 Å². The first-order valence-corrected chi connectivity index (χ1v) is 8.06. The summed E-state index contributed by atoms with van der Waals surface area (Å²) in [4.78, 5) is 23.9. The largest absolute Gasteiger partial charge is 0.497 e. The number of carbonyl (C=O) groups excluding carboxylic acids is 2. The Bertz CT molecular complexity index is 956. The number of nitrogens with one attached hydrogen (secondary N) is 1. The van der Waals surface area contributed by atoms with Crippen molar-refractivity contribution in [1.29, 1.82) is 0 Å². The highest BCUT2D eigenvalue weighted by molar-refractivity contribution is 5.99. The lowest BCUT2D eigenvalue weighted by Crippen LogP contribution is -2.23. The molecule has 0 aliphatic carbocycles. The molecule has 0 fully saturated rings. The van der Waals surface area contributed by atoms with Crippen LogP contribution in [-0.4, -0.2) is 26.1 Å². The van der Waals surface area contributed by atoms with E-state index in [1.54, 1.807) is 43.5 Å². The van der Waals surface area contributed by atoms with Crippen LogP contribution in [0.25, 0.3) is 11.0 Å². The van der Waals surface area contributed by atoms with Gasteiger partial charge >= 0.3 is 5.97 Å². The monoisotopic (exact) mass is 353 g/mol. The summed E-state index contributed by atoms with van der Waals surface area (Å²) < 4.78 is 15.6. The molecule has 1 aromatic heterocycles. The van der Waals surface area contributed by atoms with Gasteiger partial charge in [0.05, 0.1) is 19.8 Å². The normalized spacial score (nSPS) is 10.6. The lowest BCUT2D eigenvalue weighted by molar-refractivity contribution is 0.0600. The van der Waals surface area contributed by atoms with Crippen molar-refractivity contribution in [2.45, 2.75) is 13.5 Å². The van der Waals surface area contributed by atoms with Crippen LogP contribution in [0.5, 0.6) is 5.75 Å². The maximum Gasteiger partial charge on any atom is 0.337 e. The Hall–Kier alpha value is -3.28. The fourth-order valence-corrected chi connectivity index (χ4v) is 2.68. The van der Waals surface area contributed by atoms with Gasteiger partial charge in [-0.25, -0.2) is 4.79 Å². The first-order chi connectivity index (χ1) is 12.5. The van der Waals surface area contributed by atoms with Gasteiger partial charge in [-0.05, 0) is 42.8 Å². The fourth-order valence-electron chi connectivity index (χ4n) is 2.68. The van der Waals surface area contributed by atoms with Crippen LogP contribution >= 0.6 is 0 Å². The van der Waals surface area contributed by atoms with Crippen molar-refractivity contribution in [3.05, 3.63) is 64.9 Å². The molecule has 0 bridgehead atoms. The molecule has 26 heavy (non-hydrogen) atoms. The quantitative estimate of drug-likeness (QED) is 0.711. The highest BCUT2D eigenvalue weighted by atomic mass is 16.5. The minimum atomic E-state index is -0.395. The van der Waals surface area contributed by atoms with Crippen LogP contribution in [0, 0.1) is 6.92 Å². The van der Waals surface area contributed by atoms with Gasteiger partial charge in [-0.15, -0.1) is 0 Å². The van der Waals surface area contributed by atoms with E-state index in [1.165, 1.54) is 7.11 Å². The molecule has 0 spiro atoms. The molecule has 1 heterocycles. The Kier molecular flexibility index (Phi) is 4.93. The van der Waals surface area contributed by atoms with Crippen molar-refractivity contribution >= 4 is 22.8 Å². The zero-order valence-electron chi connectivity index (χ0n) is 14.8. The number of benzene rings is 2. The number of fused-ring (bicyclic) bond motifs is 1. The van der Waals surface area contributed by atoms with Gasteiger partial charge in [0.15, 0.2) is 5.76 Å². The summed E-state index contributed by atoms with van der Waals surface area (Å²) in [5, 5.41) is 3.67. The molecular weight excluding hydrogens is 334 g/mol. The molecule has 2 aromatic carbocycles. The van der Waals surface area contributed by atoms with Crippen LogP contribution in [0.3, 0.4) is 0 Å². The van der Waals surface area contributed by atoms with Crippen LogP contribution < -0.4 is 10.1 Å². The number of rotatable bonds is 5. The lowest BCUT2D eigenvalue weighted by Gasteiger charge is -2.05. The Balaban J connectivity index is 1.73. The van der Waals surface area contributed by atoms with E-state index in [1.807, 2.05) is 13.0 Å². The number of esters is 1. The van der Waals surface area contributed by atoms with Gasteiger partial charge in [0.25, 0.3) is 5.91 Å². The molecule has 6 heteroatoms. The van der Waals surface area contributed by atoms with E-state index < -0.39 is 5.97 Å². The molecule has 1 amide bonds. The third-order valence-corrected chi connectivity index (χ3v) is 4.18. The first-order valence-electron chi connectivity index (χ1n) is 8.06. The van der Waals surface area contributed by atoms with Crippen molar-refractivity contribution in [1.82, 2.24) is 5.32 Å². The summed E-state index contributed by atoms with van der Waals surface area (Å²) in [5.41, 5.74) is 2.72. The molecule has 1 N–H and O–H groups in total. The number of amides is 1. The number of aryl methyl sites for hydroxylation is 1. The van der Waals surface area contributed by atoms with Gasteiger partial charge in [-0.2, -0.15) is 0 Å². The van der Waals surface area contributed by atoms with Crippen LogP contribution in [-0.2, 0) is 11.3 Å². The minimum absolute atomic E-state index is 0.277. The Morgan fingerprint density at radius 1 is 1.08 bits per heavy atom. The first kappa shape index (κ1) is 17.5. The molecular formula is C20H19NO5. The SMILES string of the molecule is COC(=O)c1ccc(CNC(=O)c2oc3ccc(OC)cc3c2C)cc1. The van der Waals surface area contributed by atoms with Gasteiger partial charge in [0.1, 0.15) is 11.3 Å². The molecule has 0 unspecified atom stereocenters. The van der Waals surface area contributed by atoms with E-state index in [0.717, 1.165) is 16.5 Å². The summed E-state index contributed by atoms with van der Waals surface area (Å²) in [6, 6.07) is 12.3. The second-order valence-corrected chi connectivity index (χ2v) is 5.79. The minimum Gasteiger partial charge on any atom is -0.497 e. The Labute approximate surface area is 150 Å². The van der Waals surface area contributed by atoms with Crippen molar-refractivity contribution in [2.75, 3.05) is 14.2 Å². The van der Waals surface area contributed by atoms with Crippen LogP contribution in [0.2, 0.25) is 0 Å². The fraction of sp³-hybridized carbons (Fsp3) is 0.200. The van der Waals surface area contributed by atoms with Crippen molar-refractivity contribution in [2.24, 2.45) is 0 Å². The Morgan fingerprint density at radius 3 is 2.46 bits per heavy atom. The van der Waals surface area contributed by atoms with Gasteiger partial charge in [-0.3, -0.25) is 4.79 Å². The van der Waals surface area contributed by atoms with Crippen LogP contribution in [0.15, 0.2) is 46.9 Å².